The Bertz CT molecular complexity index is 819. The quantitative estimate of drug-likeness (QED) is 0.465. The van der Waals surface area contributed by atoms with Gasteiger partial charge in [0.25, 0.3) is 0 Å². The second-order valence-corrected chi connectivity index (χ2v) is 6.91. The number of dihydropyridines is 1. The number of allylic oxidation sites excluding steroid dienone is 1. The minimum Gasteiger partial charge on any atom is -0.466 e. The monoisotopic (exact) mass is 423 g/mol. The van der Waals surface area contributed by atoms with Gasteiger partial charge in [-0.05, 0) is 31.1 Å². The van der Waals surface area contributed by atoms with E-state index in [1.165, 1.54) is 7.11 Å². The molecule has 1 heterocycles. The number of halogens is 1. The topological polar surface area (TPSA) is 102 Å². The molecule has 0 spiro atoms. The summed E-state index contributed by atoms with van der Waals surface area (Å²) >= 11 is 6.48. The van der Waals surface area contributed by atoms with Crippen molar-refractivity contribution in [2.75, 3.05) is 33.5 Å². The van der Waals surface area contributed by atoms with Crippen LogP contribution in [0.15, 0.2) is 46.8 Å². The van der Waals surface area contributed by atoms with Crippen LogP contribution in [0.25, 0.3) is 0 Å². The molecule has 0 saturated carbocycles. The van der Waals surface area contributed by atoms with E-state index in [9.17, 15) is 9.59 Å². The molecule has 0 amide bonds. The van der Waals surface area contributed by atoms with Crippen molar-refractivity contribution in [2.45, 2.75) is 26.2 Å². The van der Waals surface area contributed by atoms with Gasteiger partial charge < -0.3 is 25.3 Å². The molecular formula is C21H28ClN2O5+. The number of quaternary nitrogens is 1. The van der Waals surface area contributed by atoms with Crippen LogP contribution in [0.5, 0.6) is 0 Å². The van der Waals surface area contributed by atoms with Crippen molar-refractivity contribution in [1.82, 2.24) is 5.32 Å². The van der Waals surface area contributed by atoms with Crippen LogP contribution in [0.2, 0.25) is 5.02 Å². The van der Waals surface area contributed by atoms with Crippen molar-refractivity contribution >= 4 is 23.5 Å². The largest absolute Gasteiger partial charge is 0.466 e. The molecule has 8 heteroatoms. The molecule has 1 atom stereocenters. The fraction of sp³-hybridized carbons (Fsp3) is 0.429. The summed E-state index contributed by atoms with van der Waals surface area (Å²) in [5.74, 6) is -1.43. The Morgan fingerprint density at radius 3 is 2.62 bits per heavy atom. The zero-order valence-corrected chi connectivity index (χ0v) is 17.8. The summed E-state index contributed by atoms with van der Waals surface area (Å²) in [5.41, 5.74) is 6.90. The number of ether oxygens (including phenoxy) is 3. The molecule has 7 nitrogen and oxygen atoms in total. The number of rotatable bonds is 9. The lowest BCUT2D eigenvalue weighted by Gasteiger charge is -2.32. The molecule has 1 aromatic rings. The van der Waals surface area contributed by atoms with Gasteiger partial charge in [-0.1, -0.05) is 29.8 Å². The molecule has 1 aliphatic rings. The minimum atomic E-state index is -0.555. The molecule has 1 aromatic carbocycles. The Kier molecular flexibility index (Phi) is 8.70. The van der Waals surface area contributed by atoms with Crippen LogP contribution in [0, 0.1) is 0 Å². The summed E-state index contributed by atoms with van der Waals surface area (Å²) in [6.45, 7) is 5.15. The highest BCUT2D eigenvalue weighted by Crippen LogP contribution is 2.42. The Labute approximate surface area is 175 Å². The second kappa shape index (κ2) is 11.0. The third-order valence-corrected chi connectivity index (χ3v) is 4.91. The maximum absolute atomic E-state index is 12.7. The van der Waals surface area contributed by atoms with Crippen LogP contribution in [0.1, 0.15) is 31.7 Å². The van der Waals surface area contributed by atoms with Gasteiger partial charge in [0, 0.05) is 22.3 Å². The van der Waals surface area contributed by atoms with Crippen molar-refractivity contribution in [2.24, 2.45) is 0 Å². The van der Waals surface area contributed by atoms with E-state index in [2.05, 4.69) is 11.1 Å². The summed E-state index contributed by atoms with van der Waals surface area (Å²) in [5, 5.41) is 3.71. The van der Waals surface area contributed by atoms with E-state index in [1.54, 1.807) is 19.9 Å². The van der Waals surface area contributed by atoms with Crippen LogP contribution in [0.4, 0.5) is 0 Å². The van der Waals surface area contributed by atoms with Crippen LogP contribution in [-0.4, -0.2) is 45.4 Å². The van der Waals surface area contributed by atoms with E-state index in [1.807, 2.05) is 18.2 Å². The van der Waals surface area contributed by atoms with Gasteiger partial charge in [0.2, 0.25) is 0 Å². The van der Waals surface area contributed by atoms with Gasteiger partial charge in [0.05, 0.1) is 45.5 Å². The van der Waals surface area contributed by atoms with E-state index < -0.39 is 11.9 Å². The molecule has 1 unspecified atom stereocenters. The summed E-state index contributed by atoms with van der Waals surface area (Å²) in [6, 6.07) is 7.25. The maximum Gasteiger partial charge on any atom is 0.336 e. The molecule has 2 rings (SSSR count). The molecule has 0 saturated heterocycles. The molecular weight excluding hydrogens is 396 g/mol. The highest BCUT2D eigenvalue weighted by Gasteiger charge is 2.36. The zero-order valence-electron chi connectivity index (χ0n) is 17.0. The Morgan fingerprint density at radius 1 is 1.28 bits per heavy atom. The number of hydrogen-bond acceptors (Lipinski definition) is 6. The number of hydrogen-bond donors (Lipinski definition) is 2. The van der Waals surface area contributed by atoms with Crippen molar-refractivity contribution in [3.05, 3.63) is 57.4 Å². The van der Waals surface area contributed by atoms with Gasteiger partial charge in [-0.3, -0.25) is 4.79 Å². The fourth-order valence-electron chi connectivity index (χ4n) is 3.35. The van der Waals surface area contributed by atoms with Gasteiger partial charge >= 0.3 is 11.9 Å². The van der Waals surface area contributed by atoms with Crippen LogP contribution < -0.4 is 11.1 Å². The number of benzene rings is 1. The third kappa shape index (κ3) is 5.59. The minimum absolute atomic E-state index is 0.00638. The van der Waals surface area contributed by atoms with Crippen molar-refractivity contribution in [3.8, 4) is 0 Å². The van der Waals surface area contributed by atoms with E-state index in [-0.39, 0.29) is 25.6 Å². The SMILES string of the molecule is CCOC(=O)CC1=C(COCC[NH3+])NC(C)=C(C(=O)OC)C1c1ccccc1Cl. The predicted molar refractivity (Wildman–Crippen MR) is 109 cm³/mol. The van der Waals surface area contributed by atoms with Gasteiger partial charge in [0.15, 0.2) is 0 Å². The lowest BCUT2D eigenvalue weighted by Crippen LogP contribution is -2.52. The molecule has 0 fully saturated rings. The number of esters is 2. The summed E-state index contributed by atoms with van der Waals surface area (Å²) in [4.78, 5) is 25.0. The molecule has 158 valence electrons. The van der Waals surface area contributed by atoms with Crippen molar-refractivity contribution in [1.29, 1.82) is 0 Å². The number of methoxy groups -OCH3 is 1. The lowest BCUT2D eigenvalue weighted by atomic mass is 9.79. The smallest absolute Gasteiger partial charge is 0.336 e. The highest BCUT2D eigenvalue weighted by atomic mass is 35.5. The molecule has 29 heavy (non-hydrogen) atoms. The third-order valence-electron chi connectivity index (χ3n) is 4.56. The standard InChI is InChI=1S/C21H27ClN2O5/c1-4-29-18(25)11-15-17(12-28-10-9-23)24-13(2)19(21(26)27-3)20(15)14-7-5-6-8-16(14)22/h5-8,20,24H,4,9-12,23H2,1-3H3/p+1. The first-order valence-corrected chi connectivity index (χ1v) is 9.87. The van der Waals surface area contributed by atoms with Crippen LogP contribution in [0.3, 0.4) is 0 Å². The highest BCUT2D eigenvalue weighted by molar-refractivity contribution is 6.31. The first-order valence-electron chi connectivity index (χ1n) is 9.49. The van der Waals surface area contributed by atoms with E-state index >= 15 is 0 Å². The van der Waals surface area contributed by atoms with E-state index in [0.717, 1.165) is 0 Å². The zero-order chi connectivity index (χ0) is 21.4. The molecule has 0 bridgehead atoms. The van der Waals surface area contributed by atoms with E-state index in [4.69, 9.17) is 25.8 Å². The average molecular weight is 424 g/mol. The summed E-state index contributed by atoms with van der Waals surface area (Å²) in [7, 11) is 1.33. The summed E-state index contributed by atoms with van der Waals surface area (Å²) in [6.07, 6.45) is -0.00638. The normalized spacial score (nSPS) is 16.5. The lowest BCUT2D eigenvalue weighted by molar-refractivity contribution is -0.373. The van der Waals surface area contributed by atoms with Gasteiger partial charge in [0.1, 0.15) is 0 Å². The molecule has 0 aromatic heterocycles. The van der Waals surface area contributed by atoms with Gasteiger partial charge in [-0.15, -0.1) is 0 Å². The van der Waals surface area contributed by atoms with Crippen LogP contribution in [-0.2, 0) is 23.8 Å². The Hall–Kier alpha value is -2.35. The van der Waals surface area contributed by atoms with Crippen molar-refractivity contribution in [3.63, 3.8) is 0 Å². The second-order valence-electron chi connectivity index (χ2n) is 6.50. The molecule has 0 radical (unpaired) electrons. The fourth-order valence-corrected chi connectivity index (χ4v) is 3.60. The number of carbonyl (C=O) groups is 2. The first kappa shape index (κ1) is 22.9. The molecule has 0 aliphatic carbocycles. The van der Waals surface area contributed by atoms with E-state index in [0.29, 0.717) is 46.3 Å². The maximum atomic E-state index is 12.7. The predicted octanol–water partition coefficient (Wildman–Crippen LogP) is 1.94. The van der Waals surface area contributed by atoms with Crippen LogP contribution >= 0.6 is 11.6 Å². The number of carbonyl (C=O) groups excluding carboxylic acids is 2. The molecule has 1 aliphatic heterocycles. The Morgan fingerprint density at radius 2 is 2.00 bits per heavy atom. The average Bonchev–Trinajstić information content (AvgIpc) is 2.70. The molecule has 4 N–H and O–H groups in total. The Balaban J connectivity index is 2.62. The summed E-state index contributed by atoms with van der Waals surface area (Å²) < 4.78 is 15.9. The number of nitrogens with one attached hydrogen (secondary N) is 1. The van der Waals surface area contributed by atoms with Crippen molar-refractivity contribution < 1.29 is 29.5 Å². The van der Waals surface area contributed by atoms with Gasteiger partial charge in [-0.25, -0.2) is 4.79 Å². The van der Waals surface area contributed by atoms with Gasteiger partial charge in [-0.2, -0.15) is 0 Å². The first-order chi connectivity index (χ1) is 13.9.